The molecule has 0 aromatic heterocycles. The SMILES string of the molecule is C=C/C=C\N=CC.CC. The topological polar surface area (TPSA) is 12.4 Å². The summed E-state index contributed by atoms with van der Waals surface area (Å²) in [6.45, 7) is 9.34. The molecule has 0 aliphatic heterocycles. The van der Waals surface area contributed by atoms with E-state index >= 15 is 0 Å². The van der Waals surface area contributed by atoms with Gasteiger partial charge in [-0.3, -0.25) is 4.99 Å². The molecule has 0 aliphatic rings. The maximum atomic E-state index is 3.78. The summed E-state index contributed by atoms with van der Waals surface area (Å²) in [5.41, 5.74) is 0. The average Bonchev–Trinajstić information content (AvgIpc) is 1.94. The van der Waals surface area contributed by atoms with E-state index in [9.17, 15) is 0 Å². The molecule has 0 aliphatic carbocycles. The van der Waals surface area contributed by atoms with Crippen LogP contribution in [0.15, 0.2) is 29.9 Å². The monoisotopic (exact) mass is 125 g/mol. The lowest BCUT2D eigenvalue weighted by molar-refractivity contribution is 1.50. The van der Waals surface area contributed by atoms with Gasteiger partial charge in [-0.1, -0.05) is 26.5 Å². The van der Waals surface area contributed by atoms with Gasteiger partial charge in [0.2, 0.25) is 0 Å². The summed E-state index contributed by atoms with van der Waals surface area (Å²) in [5, 5.41) is 0. The Morgan fingerprint density at radius 1 is 1.33 bits per heavy atom. The Morgan fingerprint density at radius 3 is 2.22 bits per heavy atom. The Morgan fingerprint density at radius 2 is 1.89 bits per heavy atom. The minimum atomic E-state index is 1.69. The molecule has 52 valence electrons. The summed E-state index contributed by atoms with van der Waals surface area (Å²) in [4.78, 5) is 3.78. The highest BCUT2D eigenvalue weighted by molar-refractivity contribution is 5.54. The molecule has 0 radical (unpaired) electrons. The van der Waals surface area contributed by atoms with E-state index in [4.69, 9.17) is 0 Å². The zero-order valence-corrected chi connectivity index (χ0v) is 6.46. The number of aliphatic imine (C=N–C) groups is 1. The summed E-state index contributed by atoms with van der Waals surface area (Å²) < 4.78 is 0. The molecular weight excluding hydrogens is 110 g/mol. The van der Waals surface area contributed by atoms with Gasteiger partial charge >= 0.3 is 0 Å². The molecule has 9 heavy (non-hydrogen) atoms. The van der Waals surface area contributed by atoms with Crippen LogP contribution in [0.25, 0.3) is 0 Å². The number of nitrogens with zero attached hydrogens (tertiary/aromatic N) is 1. The molecule has 0 bridgehead atoms. The van der Waals surface area contributed by atoms with E-state index in [-0.39, 0.29) is 0 Å². The van der Waals surface area contributed by atoms with Crippen LogP contribution in [0, 0.1) is 0 Å². The van der Waals surface area contributed by atoms with Crippen molar-refractivity contribution < 1.29 is 0 Å². The van der Waals surface area contributed by atoms with E-state index in [1.807, 2.05) is 20.8 Å². The average molecular weight is 125 g/mol. The molecule has 0 heterocycles. The Kier molecular flexibility index (Phi) is 19.2. The van der Waals surface area contributed by atoms with Crippen LogP contribution in [0.2, 0.25) is 0 Å². The molecule has 1 nitrogen and oxygen atoms in total. The number of hydrogen-bond acceptors (Lipinski definition) is 1. The number of hydrogen-bond donors (Lipinski definition) is 0. The van der Waals surface area contributed by atoms with Crippen molar-refractivity contribution in [1.82, 2.24) is 0 Å². The highest BCUT2D eigenvalue weighted by Gasteiger charge is 1.51. The molecule has 0 aromatic carbocycles. The molecule has 0 fully saturated rings. The van der Waals surface area contributed by atoms with Crippen molar-refractivity contribution in [2.45, 2.75) is 20.8 Å². The third-order valence-corrected chi connectivity index (χ3v) is 0.457. The van der Waals surface area contributed by atoms with Gasteiger partial charge in [0.15, 0.2) is 0 Å². The Hall–Kier alpha value is -0.850. The molecule has 0 spiro atoms. The maximum absolute atomic E-state index is 3.78. The largest absolute Gasteiger partial charge is 0.269 e. The van der Waals surface area contributed by atoms with Crippen molar-refractivity contribution in [2.24, 2.45) is 4.99 Å². The quantitative estimate of drug-likeness (QED) is 0.397. The zero-order valence-electron chi connectivity index (χ0n) is 6.46. The Balaban J connectivity index is 0. The second-order valence-electron chi connectivity index (χ2n) is 0.984. The summed E-state index contributed by atoms with van der Waals surface area (Å²) >= 11 is 0. The highest BCUT2D eigenvalue weighted by atomic mass is 14.6. The standard InChI is InChI=1S/C6H9N.C2H6/c1-3-5-6-7-4-2;1-2/h3-6H,1H2,2H3;1-2H3/b6-5-,7-4?;. The highest BCUT2D eigenvalue weighted by Crippen LogP contribution is 1.71. The first-order chi connectivity index (χ1) is 4.41. The molecule has 0 atom stereocenters. The molecule has 1 heteroatoms. The van der Waals surface area contributed by atoms with Gasteiger partial charge in [0.1, 0.15) is 0 Å². The van der Waals surface area contributed by atoms with Crippen LogP contribution in [-0.4, -0.2) is 6.21 Å². The molecule has 0 unspecified atom stereocenters. The van der Waals surface area contributed by atoms with E-state index in [1.54, 1.807) is 24.6 Å². The number of allylic oxidation sites excluding steroid dienone is 2. The Labute approximate surface area is 57.8 Å². The zero-order chi connectivity index (χ0) is 7.54. The van der Waals surface area contributed by atoms with Gasteiger partial charge in [-0.2, -0.15) is 0 Å². The van der Waals surface area contributed by atoms with Crippen molar-refractivity contribution in [3.8, 4) is 0 Å². The van der Waals surface area contributed by atoms with Crippen molar-refractivity contribution >= 4 is 6.21 Å². The first kappa shape index (κ1) is 11.0. The van der Waals surface area contributed by atoms with Crippen LogP contribution in [0.3, 0.4) is 0 Å². The van der Waals surface area contributed by atoms with E-state index in [2.05, 4.69) is 11.6 Å². The molecule has 0 rings (SSSR count). The molecular formula is C8H15N. The Bertz CT molecular complexity index is 90.7. The summed E-state index contributed by atoms with van der Waals surface area (Å²) in [6.07, 6.45) is 6.88. The van der Waals surface area contributed by atoms with Crippen molar-refractivity contribution in [3.05, 3.63) is 24.9 Å². The maximum Gasteiger partial charge on any atom is 0.0263 e. The van der Waals surface area contributed by atoms with E-state index < -0.39 is 0 Å². The van der Waals surface area contributed by atoms with Crippen molar-refractivity contribution in [1.29, 1.82) is 0 Å². The summed E-state index contributed by atoms with van der Waals surface area (Å²) in [7, 11) is 0. The van der Waals surface area contributed by atoms with Gasteiger partial charge in [0, 0.05) is 12.4 Å². The molecule has 0 N–H and O–H groups in total. The molecule has 0 amide bonds. The van der Waals surface area contributed by atoms with Crippen LogP contribution in [0.5, 0.6) is 0 Å². The van der Waals surface area contributed by atoms with Gasteiger partial charge in [-0.25, -0.2) is 0 Å². The van der Waals surface area contributed by atoms with Gasteiger partial charge in [-0.15, -0.1) is 0 Å². The summed E-state index contributed by atoms with van der Waals surface area (Å²) in [5.74, 6) is 0. The minimum Gasteiger partial charge on any atom is -0.269 e. The van der Waals surface area contributed by atoms with Crippen LogP contribution in [0.1, 0.15) is 20.8 Å². The van der Waals surface area contributed by atoms with Crippen LogP contribution < -0.4 is 0 Å². The van der Waals surface area contributed by atoms with E-state index in [0.717, 1.165) is 0 Å². The van der Waals surface area contributed by atoms with E-state index in [1.165, 1.54) is 0 Å². The van der Waals surface area contributed by atoms with Gasteiger partial charge in [0.05, 0.1) is 0 Å². The first-order valence-electron chi connectivity index (χ1n) is 3.17. The lowest BCUT2D eigenvalue weighted by atomic mass is 10.6. The molecule has 0 aromatic rings. The third kappa shape index (κ3) is 19.1. The second kappa shape index (κ2) is 15.7. The fourth-order valence-corrected chi connectivity index (χ4v) is 0.197. The van der Waals surface area contributed by atoms with Crippen molar-refractivity contribution in [2.75, 3.05) is 0 Å². The normalized spacial score (nSPS) is 9.22. The molecule has 0 saturated heterocycles. The molecule has 0 saturated carbocycles. The van der Waals surface area contributed by atoms with Crippen LogP contribution in [0.4, 0.5) is 0 Å². The smallest absolute Gasteiger partial charge is 0.0263 e. The van der Waals surface area contributed by atoms with Gasteiger partial charge in [-0.05, 0) is 13.0 Å². The number of rotatable bonds is 2. The van der Waals surface area contributed by atoms with Crippen molar-refractivity contribution in [3.63, 3.8) is 0 Å². The summed E-state index contributed by atoms with van der Waals surface area (Å²) in [6, 6.07) is 0. The fourth-order valence-electron chi connectivity index (χ4n) is 0.197. The van der Waals surface area contributed by atoms with Crippen LogP contribution >= 0.6 is 0 Å². The lowest BCUT2D eigenvalue weighted by Crippen LogP contribution is -1.51. The van der Waals surface area contributed by atoms with Crippen LogP contribution in [-0.2, 0) is 0 Å². The predicted molar refractivity (Wildman–Crippen MR) is 44.9 cm³/mol. The first-order valence-corrected chi connectivity index (χ1v) is 3.17. The van der Waals surface area contributed by atoms with Gasteiger partial charge in [0.25, 0.3) is 0 Å². The van der Waals surface area contributed by atoms with Gasteiger partial charge < -0.3 is 0 Å². The second-order valence-corrected chi connectivity index (χ2v) is 0.984. The third-order valence-electron chi connectivity index (χ3n) is 0.457. The van der Waals surface area contributed by atoms with E-state index in [0.29, 0.717) is 0 Å². The fraction of sp³-hybridized carbons (Fsp3) is 0.375. The predicted octanol–water partition coefficient (Wildman–Crippen LogP) is 2.80. The lowest BCUT2D eigenvalue weighted by Gasteiger charge is -1.66. The minimum absolute atomic E-state index is 1.69.